The van der Waals surface area contributed by atoms with Crippen LogP contribution in [0.15, 0.2) is 18.3 Å². The predicted octanol–water partition coefficient (Wildman–Crippen LogP) is -0.301. The molecule has 0 radical (unpaired) electrons. The molecule has 2 amide bonds. The largest absolute Gasteiger partial charge is 0.452 e. The van der Waals surface area contributed by atoms with Gasteiger partial charge in [-0.3, -0.25) is 14.6 Å². The highest BCUT2D eigenvalue weighted by Gasteiger charge is 2.29. The van der Waals surface area contributed by atoms with Crippen LogP contribution in [0, 0.1) is 6.92 Å². The molecule has 1 fully saturated rings. The third-order valence-electron chi connectivity index (χ3n) is 4.14. The molecule has 148 valence electrons. The molecule has 0 spiro atoms. The van der Waals surface area contributed by atoms with Crippen LogP contribution < -0.4 is 5.32 Å². The van der Waals surface area contributed by atoms with Crippen LogP contribution in [-0.2, 0) is 24.2 Å². The number of hydrogen-bond acceptors (Lipinski definition) is 7. The van der Waals surface area contributed by atoms with Gasteiger partial charge in [0.05, 0.1) is 23.6 Å². The number of nitrogens with zero attached hydrogens (tertiary/aromatic N) is 2. The van der Waals surface area contributed by atoms with Crippen LogP contribution >= 0.6 is 0 Å². The van der Waals surface area contributed by atoms with Gasteiger partial charge in [-0.1, -0.05) is 0 Å². The molecular formula is C17H23N3O6S. The Hall–Kier alpha value is -2.49. The summed E-state index contributed by atoms with van der Waals surface area (Å²) in [6.45, 7) is 3.00. The number of pyridine rings is 1. The van der Waals surface area contributed by atoms with E-state index < -0.39 is 40.3 Å². The molecule has 1 N–H and O–H groups in total. The summed E-state index contributed by atoms with van der Waals surface area (Å²) in [5.41, 5.74) is 0.984. The van der Waals surface area contributed by atoms with Crippen LogP contribution in [0.3, 0.4) is 0 Å². The Morgan fingerprint density at radius 3 is 2.63 bits per heavy atom. The molecule has 0 aliphatic carbocycles. The number of carbonyl (C=O) groups excluding carboxylic acids is 3. The van der Waals surface area contributed by atoms with Crippen LogP contribution in [0.25, 0.3) is 0 Å². The van der Waals surface area contributed by atoms with Crippen molar-refractivity contribution in [2.45, 2.75) is 26.3 Å². The SMILES string of the molecule is CCN(CC(=O)NC1CCS(=O)(=O)C1)C(=O)COC(=O)c1ccc(C)nc1. The number of amides is 2. The number of ether oxygens (including phenoxy) is 1. The molecular weight excluding hydrogens is 374 g/mol. The third-order valence-corrected chi connectivity index (χ3v) is 5.91. The van der Waals surface area contributed by atoms with Gasteiger partial charge in [0.1, 0.15) is 0 Å². The first-order chi connectivity index (χ1) is 12.7. The Balaban J connectivity index is 1.81. The lowest BCUT2D eigenvalue weighted by molar-refractivity contribution is -0.138. The van der Waals surface area contributed by atoms with Gasteiger partial charge in [-0.2, -0.15) is 0 Å². The van der Waals surface area contributed by atoms with Crippen molar-refractivity contribution in [3.63, 3.8) is 0 Å². The highest BCUT2D eigenvalue weighted by Crippen LogP contribution is 2.11. The molecule has 0 saturated carbocycles. The van der Waals surface area contributed by atoms with Crippen LogP contribution in [-0.4, -0.2) is 73.3 Å². The van der Waals surface area contributed by atoms with E-state index in [1.165, 1.54) is 11.1 Å². The Morgan fingerprint density at radius 2 is 2.07 bits per heavy atom. The molecule has 1 atom stereocenters. The summed E-state index contributed by atoms with van der Waals surface area (Å²) in [5, 5.41) is 2.62. The Morgan fingerprint density at radius 1 is 1.33 bits per heavy atom. The molecule has 1 aromatic rings. The molecule has 10 heteroatoms. The average Bonchev–Trinajstić information content (AvgIpc) is 2.96. The first kappa shape index (κ1) is 20.8. The van der Waals surface area contributed by atoms with Gasteiger partial charge in [-0.05, 0) is 32.4 Å². The maximum atomic E-state index is 12.2. The molecule has 1 saturated heterocycles. The normalized spacial score (nSPS) is 17.9. The van der Waals surface area contributed by atoms with Crippen molar-refractivity contribution in [2.75, 3.05) is 31.2 Å². The number of esters is 1. The van der Waals surface area contributed by atoms with Crippen molar-refractivity contribution in [3.05, 3.63) is 29.6 Å². The number of sulfone groups is 1. The van der Waals surface area contributed by atoms with E-state index >= 15 is 0 Å². The van der Waals surface area contributed by atoms with Gasteiger partial charge in [-0.25, -0.2) is 13.2 Å². The summed E-state index contributed by atoms with van der Waals surface area (Å²) < 4.78 is 27.8. The molecule has 0 bridgehead atoms. The molecule has 1 aliphatic rings. The smallest absolute Gasteiger partial charge is 0.340 e. The fourth-order valence-electron chi connectivity index (χ4n) is 2.62. The Labute approximate surface area is 158 Å². The molecule has 9 nitrogen and oxygen atoms in total. The maximum Gasteiger partial charge on any atom is 0.340 e. The quantitative estimate of drug-likeness (QED) is 0.627. The van der Waals surface area contributed by atoms with E-state index in [-0.39, 0.29) is 30.2 Å². The van der Waals surface area contributed by atoms with Crippen LogP contribution in [0.5, 0.6) is 0 Å². The zero-order chi connectivity index (χ0) is 20.0. The van der Waals surface area contributed by atoms with E-state index in [1.807, 2.05) is 0 Å². The van der Waals surface area contributed by atoms with Crippen molar-refractivity contribution in [1.82, 2.24) is 15.2 Å². The van der Waals surface area contributed by atoms with Gasteiger partial charge < -0.3 is 15.0 Å². The highest BCUT2D eigenvalue weighted by molar-refractivity contribution is 7.91. The van der Waals surface area contributed by atoms with Crippen molar-refractivity contribution in [2.24, 2.45) is 0 Å². The molecule has 1 aromatic heterocycles. The first-order valence-electron chi connectivity index (χ1n) is 8.57. The minimum Gasteiger partial charge on any atom is -0.452 e. The Bertz CT molecular complexity index is 806. The van der Waals surface area contributed by atoms with Crippen molar-refractivity contribution in [3.8, 4) is 0 Å². The minimum atomic E-state index is -3.10. The molecule has 1 unspecified atom stereocenters. The summed E-state index contributed by atoms with van der Waals surface area (Å²) in [6.07, 6.45) is 1.74. The monoisotopic (exact) mass is 397 g/mol. The van der Waals surface area contributed by atoms with Crippen LogP contribution in [0.2, 0.25) is 0 Å². The number of carbonyl (C=O) groups is 3. The minimum absolute atomic E-state index is 0.0538. The number of hydrogen-bond donors (Lipinski definition) is 1. The second-order valence-electron chi connectivity index (χ2n) is 6.34. The standard InChI is InChI=1S/C17H23N3O6S/c1-3-20(9-15(21)19-14-6-7-27(24,25)11-14)16(22)10-26-17(23)13-5-4-12(2)18-8-13/h4-5,8,14H,3,6-7,9-11H2,1-2H3,(H,19,21). The number of nitrogens with one attached hydrogen (secondary N) is 1. The summed E-state index contributed by atoms with van der Waals surface area (Å²) in [6, 6.07) is 2.78. The molecule has 2 rings (SSSR count). The lowest BCUT2D eigenvalue weighted by Crippen LogP contribution is -2.45. The van der Waals surface area contributed by atoms with Crippen molar-refractivity contribution in [1.29, 1.82) is 0 Å². The predicted molar refractivity (Wildman–Crippen MR) is 96.7 cm³/mol. The van der Waals surface area contributed by atoms with E-state index in [9.17, 15) is 22.8 Å². The van der Waals surface area contributed by atoms with Crippen molar-refractivity contribution >= 4 is 27.6 Å². The van der Waals surface area contributed by atoms with Crippen LogP contribution in [0.4, 0.5) is 0 Å². The van der Waals surface area contributed by atoms with E-state index in [4.69, 9.17) is 4.74 Å². The van der Waals surface area contributed by atoms with Gasteiger partial charge in [0.25, 0.3) is 5.91 Å². The van der Waals surface area contributed by atoms with Crippen LogP contribution in [0.1, 0.15) is 29.4 Å². The maximum absolute atomic E-state index is 12.2. The fraction of sp³-hybridized carbons (Fsp3) is 0.529. The number of rotatable bonds is 7. The van der Waals surface area contributed by atoms with E-state index in [0.717, 1.165) is 5.69 Å². The summed E-state index contributed by atoms with van der Waals surface area (Å²) in [7, 11) is -3.10. The van der Waals surface area contributed by atoms with Gasteiger partial charge in [0.15, 0.2) is 16.4 Å². The molecule has 1 aliphatic heterocycles. The number of aromatic nitrogens is 1. The molecule has 0 aromatic carbocycles. The van der Waals surface area contributed by atoms with E-state index in [2.05, 4.69) is 10.3 Å². The zero-order valence-electron chi connectivity index (χ0n) is 15.3. The van der Waals surface area contributed by atoms with Gasteiger partial charge >= 0.3 is 5.97 Å². The molecule has 2 heterocycles. The van der Waals surface area contributed by atoms with Gasteiger partial charge in [0, 0.05) is 24.5 Å². The van der Waals surface area contributed by atoms with E-state index in [0.29, 0.717) is 6.42 Å². The second-order valence-corrected chi connectivity index (χ2v) is 8.57. The van der Waals surface area contributed by atoms with Crippen molar-refractivity contribution < 1.29 is 27.5 Å². The lowest BCUT2D eigenvalue weighted by Gasteiger charge is -2.21. The van der Waals surface area contributed by atoms with E-state index in [1.54, 1.807) is 26.0 Å². The highest BCUT2D eigenvalue weighted by atomic mass is 32.2. The second kappa shape index (κ2) is 8.94. The van der Waals surface area contributed by atoms with Gasteiger partial charge in [0.2, 0.25) is 5.91 Å². The van der Waals surface area contributed by atoms with Gasteiger partial charge in [-0.15, -0.1) is 0 Å². The lowest BCUT2D eigenvalue weighted by atomic mass is 10.2. The summed E-state index contributed by atoms with van der Waals surface area (Å²) in [4.78, 5) is 41.4. The topological polar surface area (TPSA) is 123 Å². The summed E-state index contributed by atoms with van der Waals surface area (Å²) in [5.74, 6) is -1.66. The fourth-order valence-corrected chi connectivity index (χ4v) is 4.30. The summed E-state index contributed by atoms with van der Waals surface area (Å²) >= 11 is 0. The Kier molecular flexibility index (Phi) is 6.89. The zero-order valence-corrected chi connectivity index (χ0v) is 16.1. The molecule has 27 heavy (non-hydrogen) atoms. The third kappa shape index (κ3) is 6.31. The number of likely N-dealkylation sites (N-methyl/N-ethyl adjacent to an activating group) is 1. The first-order valence-corrected chi connectivity index (χ1v) is 10.4. The number of aryl methyl sites for hydroxylation is 1. The average molecular weight is 397 g/mol.